The van der Waals surface area contributed by atoms with E-state index >= 15 is 0 Å². The van der Waals surface area contributed by atoms with E-state index in [4.69, 9.17) is 4.74 Å². The number of carboxylic acid groups (broad SMARTS) is 1. The van der Waals surface area contributed by atoms with Crippen molar-refractivity contribution in [3.05, 3.63) is 46.6 Å². The molecule has 2 N–H and O–H groups in total. The third kappa shape index (κ3) is 4.69. The molecule has 0 saturated carbocycles. The Balaban J connectivity index is 2.44. The van der Waals surface area contributed by atoms with Gasteiger partial charge in [0, 0.05) is 30.6 Å². The Hall–Kier alpha value is -3.16. The lowest BCUT2D eigenvalue weighted by Crippen LogP contribution is -2.28. The fraction of sp³-hybridized carbons (Fsp3) is 0.333. The summed E-state index contributed by atoms with van der Waals surface area (Å²) in [5.41, 5.74) is 0.0709. The minimum Gasteiger partial charge on any atom is -0.476 e. The summed E-state index contributed by atoms with van der Waals surface area (Å²) in [6.07, 6.45) is 2.25. The molecule has 0 radical (unpaired) electrons. The summed E-state index contributed by atoms with van der Waals surface area (Å²) in [6, 6.07) is 4.52. The van der Waals surface area contributed by atoms with Gasteiger partial charge in [0.25, 0.3) is 5.56 Å². The lowest BCUT2D eigenvalue weighted by Gasteiger charge is -2.20. The summed E-state index contributed by atoms with van der Waals surface area (Å²) in [5.74, 6) is -1.28. The van der Waals surface area contributed by atoms with E-state index in [1.54, 1.807) is 33.0 Å². The van der Waals surface area contributed by atoms with Gasteiger partial charge in [0.1, 0.15) is 5.60 Å². The first kappa shape index (κ1) is 19.2. The van der Waals surface area contributed by atoms with Crippen LogP contribution in [0.4, 0.5) is 10.5 Å². The second-order valence-corrected chi connectivity index (χ2v) is 6.59. The summed E-state index contributed by atoms with van der Waals surface area (Å²) in [6.45, 7) is 7.44. The second kappa shape index (κ2) is 7.38. The highest BCUT2D eigenvalue weighted by atomic mass is 16.6. The highest BCUT2D eigenvalue weighted by molar-refractivity contribution is 5.98. The molecule has 2 rings (SSSR count). The van der Waals surface area contributed by atoms with Crippen molar-refractivity contribution >= 4 is 17.7 Å². The number of ether oxygens (including phenoxy) is 1. The molecule has 0 aromatic carbocycles. The van der Waals surface area contributed by atoms with Crippen LogP contribution in [0.15, 0.2) is 35.4 Å². The summed E-state index contributed by atoms with van der Waals surface area (Å²) < 4.78 is 6.67. The fourth-order valence-electron chi connectivity index (χ4n) is 2.25. The maximum atomic E-state index is 12.0. The van der Waals surface area contributed by atoms with Gasteiger partial charge in [-0.05, 0) is 45.4 Å². The molecule has 0 fully saturated rings. The highest BCUT2D eigenvalue weighted by Crippen LogP contribution is 2.24. The first-order chi connectivity index (χ1) is 12.1. The Morgan fingerprint density at radius 1 is 1.27 bits per heavy atom. The summed E-state index contributed by atoms with van der Waals surface area (Å²) in [7, 11) is 0. The van der Waals surface area contributed by atoms with Crippen LogP contribution >= 0.6 is 0 Å². The van der Waals surface area contributed by atoms with E-state index in [0.29, 0.717) is 17.7 Å². The van der Waals surface area contributed by atoms with Crippen LogP contribution in [-0.2, 0) is 11.3 Å². The highest BCUT2D eigenvalue weighted by Gasteiger charge is 2.20. The Kier molecular flexibility index (Phi) is 5.44. The quantitative estimate of drug-likeness (QED) is 0.868. The predicted octanol–water partition coefficient (Wildman–Crippen LogP) is 2.98. The van der Waals surface area contributed by atoms with Crippen LogP contribution in [0.5, 0.6) is 0 Å². The third-order valence-corrected chi connectivity index (χ3v) is 3.38. The zero-order valence-electron chi connectivity index (χ0n) is 15.1. The Morgan fingerprint density at radius 3 is 2.54 bits per heavy atom. The molecule has 0 spiro atoms. The van der Waals surface area contributed by atoms with Gasteiger partial charge in [0.05, 0.1) is 5.69 Å². The molecule has 2 aromatic rings. The van der Waals surface area contributed by atoms with Gasteiger partial charge in [-0.1, -0.05) is 0 Å². The number of aromatic nitrogens is 2. The monoisotopic (exact) mass is 359 g/mol. The van der Waals surface area contributed by atoms with E-state index in [2.05, 4.69) is 10.3 Å². The van der Waals surface area contributed by atoms with Gasteiger partial charge in [-0.25, -0.2) is 14.6 Å². The molecule has 138 valence electrons. The Bertz CT molecular complexity index is 896. The van der Waals surface area contributed by atoms with Gasteiger partial charge >= 0.3 is 12.1 Å². The van der Waals surface area contributed by atoms with E-state index in [1.807, 2.05) is 6.92 Å². The van der Waals surface area contributed by atoms with Crippen molar-refractivity contribution in [3.8, 4) is 11.1 Å². The number of rotatable bonds is 4. The average Bonchev–Trinajstić information content (AvgIpc) is 2.53. The summed E-state index contributed by atoms with van der Waals surface area (Å²) in [5, 5.41) is 11.7. The summed E-state index contributed by atoms with van der Waals surface area (Å²) in [4.78, 5) is 39.0. The number of carbonyl (C=O) groups is 2. The topological polar surface area (TPSA) is 111 Å². The van der Waals surface area contributed by atoms with Gasteiger partial charge in [-0.15, -0.1) is 0 Å². The molecule has 2 heterocycles. The minimum absolute atomic E-state index is 0.0125. The largest absolute Gasteiger partial charge is 0.476 e. The van der Waals surface area contributed by atoms with Gasteiger partial charge in [0.2, 0.25) is 0 Å². The molecule has 2 aromatic heterocycles. The van der Waals surface area contributed by atoms with E-state index in [9.17, 15) is 19.5 Å². The van der Waals surface area contributed by atoms with Crippen LogP contribution in [0.3, 0.4) is 0 Å². The summed E-state index contributed by atoms with van der Waals surface area (Å²) >= 11 is 0. The van der Waals surface area contributed by atoms with E-state index in [0.717, 1.165) is 0 Å². The van der Waals surface area contributed by atoms with Crippen LogP contribution in [0.2, 0.25) is 0 Å². The Morgan fingerprint density at radius 2 is 1.96 bits per heavy atom. The molecular formula is C18H21N3O5. The number of nitrogens with one attached hydrogen (secondary N) is 1. The standard InChI is InChI=1S/C18H21N3O5/c1-5-21-10-11(6-7-14(21)22)12-8-13(15(16(23)24)19-9-12)20-17(25)26-18(2,3)4/h6-10H,5H2,1-4H3,(H,20,25)(H,23,24). The van der Waals surface area contributed by atoms with Crippen LogP contribution in [0, 0.1) is 0 Å². The van der Waals surface area contributed by atoms with Crippen molar-refractivity contribution in [1.82, 2.24) is 9.55 Å². The number of carboxylic acids is 1. The fourth-order valence-corrected chi connectivity index (χ4v) is 2.25. The van der Waals surface area contributed by atoms with E-state index in [-0.39, 0.29) is 16.9 Å². The lowest BCUT2D eigenvalue weighted by molar-refractivity contribution is 0.0636. The van der Waals surface area contributed by atoms with Gasteiger partial charge < -0.3 is 14.4 Å². The number of aromatic carboxylic acids is 1. The first-order valence-electron chi connectivity index (χ1n) is 8.05. The van der Waals surface area contributed by atoms with E-state index in [1.165, 1.54) is 22.9 Å². The first-order valence-corrected chi connectivity index (χ1v) is 8.05. The smallest absolute Gasteiger partial charge is 0.412 e. The van der Waals surface area contributed by atoms with Gasteiger partial charge in [-0.2, -0.15) is 0 Å². The van der Waals surface area contributed by atoms with Crippen molar-refractivity contribution < 1.29 is 19.4 Å². The van der Waals surface area contributed by atoms with Crippen molar-refractivity contribution in [2.45, 2.75) is 39.8 Å². The number of amides is 1. The molecular weight excluding hydrogens is 338 g/mol. The van der Waals surface area contributed by atoms with Crippen molar-refractivity contribution in [1.29, 1.82) is 0 Å². The van der Waals surface area contributed by atoms with E-state index < -0.39 is 17.7 Å². The van der Waals surface area contributed by atoms with Crippen LogP contribution < -0.4 is 10.9 Å². The van der Waals surface area contributed by atoms with Crippen LogP contribution in [0.1, 0.15) is 38.2 Å². The molecule has 0 saturated heterocycles. The van der Waals surface area contributed by atoms with Gasteiger partial charge in [0.15, 0.2) is 5.69 Å². The van der Waals surface area contributed by atoms with Crippen LogP contribution in [0.25, 0.3) is 11.1 Å². The molecule has 0 bridgehead atoms. The average molecular weight is 359 g/mol. The zero-order chi connectivity index (χ0) is 19.5. The van der Waals surface area contributed by atoms with Crippen molar-refractivity contribution in [2.24, 2.45) is 0 Å². The molecule has 0 atom stereocenters. The molecule has 0 aliphatic rings. The molecule has 26 heavy (non-hydrogen) atoms. The molecule has 0 aliphatic heterocycles. The number of carbonyl (C=O) groups excluding carboxylic acids is 1. The van der Waals surface area contributed by atoms with Crippen molar-refractivity contribution in [3.63, 3.8) is 0 Å². The number of aryl methyl sites for hydroxylation is 1. The maximum Gasteiger partial charge on any atom is 0.412 e. The minimum atomic E-state index is -1.28. The lowest BCUT2D eigenvalue weighted by atomic mass is 10.1. The maximum absolute atomic E-state index is 12.0. The van der Waals surface area contributed by atoms with Crippen LogP contribution in [-0.4, -0.2) is 32.3 Å². The number of nitrogens with zero attached hydrogens (tertiary/aromatic N) is 2. The number of anilines is 1. The predicted molar refractivity (Wildman–Crippen MR) is 96.4 cm³/mol. The molecule has 1 amide bonds. The molecule has 8 nitrogen and oxygen atoms in total. The number of hydrogen-bond acceptors (Lipinski definition) is 5. The molecule has 0 unspecified atom stereocenters. The Labute approximate surface area is 150 Å². The number of hydrogen-bond donors (Lipinski definition) is 2. The third-order valence-electron chi connectivity index (χ3n) is 3.38. The van der Waals surface area contributed by atoms with Crippen molar-refractivity contribution in [2.75, 3.05) is 5.32 Å². The SMILES string of the molecule is CCn1cc(-c2cnc(C(=O)O)c(NC(=O)OC(C)(C)C)c2)ccc1=O. The zero-order valence-corrected chi connectivity index (χ0v) is 15.1. The molecule has 0 aliphatic carbocycles. The number of pyridine rings is 2. The normalized spacial score (nSPS) is 11.1. The van der Waals surface area contributed by atoms with Gasteiger partial charge in [-0.3, -0.25) is 10.1 Å². The second-order valence-electron chi connectivity index (χ2n) is 6.59. The molecule has 8 heteroatoms.